The summed E-state index contributed by atoms with van der Waals surface area (Å²) >= 11 is 6.59. The molecule has 0 radical (unpaired) electrons. The van der Waals surface area contributed by atoms with Crippen LogP contribution in [-0.4, -0.2) is 47.4 Å². The number of benzene rings is 1. The summed E-state index contributed by atoms with van der Waals surface area (Å²) in [5.41, 5.74) is 3.17. The zero-order valence-corrected chi connectivity index (χ0v) is 22.0. The van der Waals surface area contributed by atoms with Crippen LogP contribution in [-0.2, 0) is 19.1 Å². The van der Waals surface area contributed by atoms with Crippen LogP contribution in [0.15, 0.2) is 23.1 Å². The van der Waals surface area contributed by atoms with Crippen molar-refractivity contribution in [2.75, 3.05) is 20.3 Å². The molecular formula is C26H30N2O6S2. The monoisotopic (exact) mass is 530 g/mol. The Labute approximate surface area is 220 Å². The van der Waals surface area contributed by atoms with Crippen molar-refractivity contribution in [2.45, 2.75) is 45.4 Å². The van der Waals surface area contributed by atoms with E-state index < -0.39 is 5.97 Å². The normalized spacial score (nSPS) is 29.6. The van der Waals surface area contributed by atoms with E-state index in [1.807, 2.05) is 0 Å². The van der Waals surface area contributed by atoms with Gasteiger partial charge in [0.15, 0.2) is 22.4 Å². The van der Waals surface area contributed by atoms with Gasteiger partial charge in [-0.05, 0) is 99.2 Å². The van der Waals surface area contributed by atoms with Gasteiger partial charge < -0.3 is 14.2 Å². The molecule has 1 heterocycles. The second kappa shape index (κ2) is 10.0. The minimum Gasteiger partial charge on any atom is -0.493 e. The van der Waals surface area contributed by atoms with Gasteiger partial charge in [0.05, 0.1) is 24.0 Å². The Hall–Kier alpha value is -2.59. The number of hydrogen-bond acceptors (Lipinski definition) is 8. The third kappa shape index (κ3) is 4.85. The van der Waals surface area contributed by atoms with Crippen LogP contribution in [0.3, 0.4) is 0 Å². The van der Waals surface area contributed by atoms with Gasteiger partial charge in [0.1, 0.15) is 0 Å². The number of amides is 2. The van der Waals surface area contributed by atoms with Gasteiger partial charge in [0, 0.05) is 0 Å². The number of ether oxygens (including phenoxy) is 3. The highest BCUT2D eigenvalue weighted by Crippen LogP contribution is 2.60. The van der Waals surface area contributed by atoms with Gasteiger partial charge >= 0.3 is 5.97 Å². The van der Waals surface area contributed by atoms with Crippen LogP contribution in [0.2, 0.25) is 0 Å². The van der Waals surface area contributed by atoms with E-state index in [0.717, 1.165) is 31.0 Å². The molecule has 5 fully saturated rings. The Morgan fingerprint density at radius 2 is 1.83 bits per heavy atom. The fourth-order valence-electron chi connectivity index (χ4n) is 6.56. The summed E-state index contributed by atoms with van der Waals surface area (Å²) in [5.74, 6) is 1.78. The van der Waals surface area contributed by atoms with Crippen molar-refractivity contribution in [3.63, 3.8) is 0 Å². The molecule has 2 amide bonds. The summed E-state index contributed by atoms with van der Waals surface area (Å²) in [6, 6.07) is 5.15. The maximum atomic E-state index is 13.4. The zero-order chi connectivity index (χ0) is 25.4. The fourth-order valence-corrected chi connectivity index (χ4v) is 7.74. The fraction of sp³-hybridized carbons (Fsp3) is 0.538. The number of rotatable bonds is 8. The van der Waals surface area contributed by atoms with Crippen molar-refractivity contribution in [1.29, 1.82) is 0 Å². The lowest BCUT2D eigenvalue weighted by molar-refractivity contribution is -0.152. The number of thiocarbonyl (C=S) groups is 1. The van der Waals surface area contributed by atoms with E-state index in [0.29, 0.717) is 44.0 Å². The molecule has 0 spiro atoms. The maximum absolute atomic E-state index is 13.4. The predicted octanol–water partition coefficient (Wildman–Crippen LogP) is 4.09. The van der Waals surface area contributed by atoms with Crippen molar-refractivity contribution in [3.8, 4) is 11.5 Å². The summed E-state index contributed by atoms with van der Waals surface area (Å²) in [5, 5.41) is 1.22. The Morgan fingerprint density at radius 1 is 1.17 bits per heavy atom. The molecular weight excluding hydrogens is 500 g/mol. The Balaban J connectivity index is 1.29. The highest BCUT2D eigenvalue weighted by atomic mass is 32.2. The van der Waals surface area contributed by atoms with E-state index in [9.17, 15) is 14.4 Å². The average Bonchev–Trinajstić information content (AvgIpc) is 3.09. The first-order valence-corrected chi connectivity index (χ1v) is 13.6. The highest BCUT2D eigenvalue weighted by molar-refractivity contribution is 8.26. The number of methoxy groups -OCH3 is 1. The van der Waals surface area contributed by atoms with Crippen LogP contribution in [0, 0.1) is 23.2 Å². The molecule has 1 N–H and O–H groups in total. The molecule has 192 valence electrons. The van der Waals surface area contributed by atoms with Crippen molar-refractivity contribution in [1.82, 2.24) is 10.4 Å². The number of carbonyl (C=O) groups is 3. The van der Waals surface area contributed by atoms with Crippen LogP contribution in [0.25, 0.3) is 6.08 Å². The molecule has 0 aromatic heterocycles. The number of hydrogen-bond donors (Lipinski definition) is 1. The third-order valence-corrected chi connectivity index (χ3v) is 8.97. The number of esters is 1. The summed E-state index contributed by atoms with van der Waals surface area (Å²) in [7, 11) is 1.50. The Morgan fingerprint density at radius 3 is 2.44 bits per heavy atom. The van der Waals surface area contributed by atoms with Crippen LogP contribution in [0.5, 0.6) is 11.5 Å². The van der Waals surface area contributed by atoms with Gasteiger partial charge in [-0.2, -0.15) is 5.01 Å². The standard InChI is InChI=1S/C26H30N2O6S2/c1-3-33-22(29)14-34-20-9-15(4-5-19(20)32-2)10-21-23(30)28(25(35)36-21)27-24(31)26-11-16-6-17(12-26)8-18(7-16)13-26/h4-5,9-10,16-18H,3,6-8,11-14H2,1-2H3,(H,27,31)/b21-10-. The number of nitrogens with one attached hydrogen (secondary N) is 1. The van der Waals surface area contributed by atoms with Crippen molar-refractivity contribution in [2.24, 2.45) is 23.2 Å². The highest BCUT2D eigenvalue weighted by Gasteiger charge is 2.55. The zero-order valence-electron chi connectivity index (χ0n) is 20.4. The van der Waals surface area contributed by atoms with Gasteiger partial charge in [-0.15, -0.1) is 0 Å². The van der Waals surface area contributed by atoms with Gasteiger partial charge in [-0.25, -0.2) is 4.79 Å². The SMILES string of the molecule is CCOC(=O)COc1cc(/C=C2\SC(=S)N(NC(=O)C34CC5CC(CC(C5)C3)C4)C2=O)ccc1OC. The first kappa shape index (κ1) is 25.1. The van der Waals surface area contributed by atoms with E-state index in [1.165, 1.54) is 31.4 Å². The first-order chi connectivity index (χ1) is 17.3. The molecule has 6 rings (SSSR count). The molecule has 4 bridgehead atoms. The molecule has 1 aromatic carbocycles. The summed E-state index contributed by atoms with van der Waals surface area (Å²) in [6.07, 6.45) is 8.14. The molecule has 0 atom stereocenters. The lowest BCUT2D eigenvalue weighted by Gasteiger charge is -2.55. The Kier molecular flexibility index (Phi) is 7.00. The third-order valence-electron chi connectivity index (χ3n) is 7.66. The van der Waals surface area contributed by atoms with E-state index in [2.05, 4.69) is 5.43 Å². The number of thioether (sulfide) groups is 1. The number of nitrogens with zero attached hydrogens (tertiary/aromatic N) is 1. The molecule has 8 nitrogen and oxygen atoms in total. The molecule has 0 unspecified atom stereocenters. The topological polar surface area (TPSA) is 94.2 Å². The lowest BCUT2D eigenvalue weighted by Crippen LogP contribution is -2.57. The molecule has 4 aliphatic carbocycles. The van der Waals surface area contributed by atoms with Gasteiger partial charge in [-0.3, -0.25) is 15.0 Å². The molecule has 10 heteroatoms. The summed E-state index contributed by atoms with van der Waals surface area (Å²) < 4.78 is 16.1. The minimum absolute atomic E-state index is 0.0711. The molecule has 5 aliphatic rings. The van der Waals surface area contributed by atoms with Crippen LogP contribution < -0.4 is 14.9 Å². The van der Waals surface area contributed by atoms with Gasteiger partial charge in [0.2, 0.25) is 5.91 Å². The van der Waals surface area contributed by atoms with Gasteiger partial charge in [-0.1, -0.05) is 17.8 Å². The van der Waals surface area contributed by atoms with E-state index in [-0.39, 0.29) is 30.4 Å². The lowest BCUT2D eigenvalue weighted by atomic mass is 9.49. The molecule has 4 saturated carbocycles. The summed E-state index contributed by atoms with van der Waals surface area (Å²) in [6.45, 7) is 1.73. The predicted molar refractivity (Wildman–Crippen MR) is 139 cm³/mol. The quantitative estimate of drug-likeness (QED) is 0.305. The second-order valence-corrected chi connectivity index (χ2v) is 11.8. The van der Waals surface area contributed by atoms with Gasteiger partial charge in [0.25, 0.3) is 5.91 Å². The van der Waals surface area contributed by atoms with Crippen LogP contribution in [0.1, 0.15) is 51.0 Å². The van der Waals surface area contributed by atoms with Crippen molar-refractivity contribution < 1.29 is 28.6 Å². The minimum atomic E-state index is -0.486. The van der Waals surface area contributed by atoms with Crippen molar-refractivity contribution in [3.05, 3.63) is 28.7 Å². The van der Waals surface area contributed by atoms with E-state index in [1.54, 1.807) is 31.2 Å². The number of carbonyl (C=O) groups excluding carboxylic acids is 3. The average molecular weight is 531 g/mol. The van der Waals surface area contributed by atoms with Crippen LogP contribution >= 0.6 is 24.0 Å². The Bertz CT molecular complexity index is 1100. The number of hydrazine groups is 1. The molecule has 1 aromatic rings. The molecule has 1 saturated heterocycles. The van der Waals surface area contributed by atoms with E-state index >= 15 is 0 Å². The smallest absolute Gasteiger partial charge is 0.344 e. The molecule has 1 aliphatic heterocycles. The van der Waals surface area contributed by atoms with E-state index in [4.69, 9.17) is 26.4 Å². The van der Waals surface area contributed by atoms with Crippen LogP contribution in [0.4, 0.5) is 0 Å². The first-order valence-electron chi connectivity index (χ1n) is 12.4. The maximum Gasteiger partial charge on any atom is 0.344 e. The largest absolute Gasteiger partial charge is 0.493 e. The van der Waals surface area contributed by atoms with Crippen molar-refractivity contribution >= 4 is 52.2 Å². The molecule has 36 heavy (non-hydrogen) atoms. The second-order valence-electron chi connectivity index (χ2n) is 10.2. The summed E-state index contributed by atoms with van der Waals surface area (Å²) in [4.78, 5) is 38.7.